The average molecular weight is 877 g/mol. The Morgan fingerprint density at radius 2 is 0.823 bits per heavy atom. The summed E-state index contributed by atoms with van der Waals surface area (Å²) in [6.45, 7) is 25.5. The molecule has 2 aliphatic heterocycles. The molecule has 0 radical (unpaired) electrons. The van der Waals surface area contributed by atoms with Crippen LogP contribution >= 0.6 is 0 Å². The van der Waals surface area contributed by atoms with Crippen molar-refractivity contribution >= 4 is 23.9 Å². The molecule has 0 amide bonds. The summed E-state index contributed by atoms with van der Waals surface area (Å²) < 4.78 is 12.8. The molecule has 62 heavy (non-hydrogen) atoms. The third-order valence-electron chi connectivity index (χ3n) is 13.8. The van der Waals surface area contributed by atoms with Crippen LogP contribution in [0.1, 0.15) is 250 Å². The Kier molecular flexibility index (Phi) is 23.0. The van der Waals surface area contributed by atoms with Crippen LogP contribution in [0.3, 0.4) is 0 Å². The normalized spacial score (nSPS) is 20.7. The molecule has 2 unspecified atom stereocenters. The van der Waals surface area contributed by atoms with Crippen LogP contribution in [0.15, 0.2) is 0 Å². The van der Waals surface area contributed by atoms with Crippen molar-refractivity contribution < 1.29 is 38.9 Å². The monoisotopic (exact) mass is 877 g/mol. The van der Waals surface area contributed by atoms with E-state index in [0.29, 0.717) is 56.8 Å². The molecule has 2 fully saturated rings. The number of carboxylic acid groups (broad SMARTS) is 2. The molecule has 0 spiro atoms. The zero-order valence-corrected chi connectivity index (χ0v) is 42.0. The van der Waals surface area contributed by atoms with E-state index in [4.69, 9.17) is 9.47 Å². The van der Waals surface area contributed by atoms with E-state index in [-0.39, 0.29) is 35.0 Å². The highest BCUT2D eigenvalue weighted by molar-refractivity contribution is 5.93. The topological polar surface area (TPSA) is 151 Å². The maximum atomic E-state index is 15.4. The molecule has 0 aromatic rings. The minimum Gasteiger partial charge on any atom is -0.481 e. The van der Waals surface area contributed by atoms with Crippen molar-refractivity contribution in [1.82, 2.24) is 10.6 Å². The lowest BCUT2D eigenvalue weighted by Crippen LogP contribution is -2.61. The van der Waals surface area contributed by atoms with Gasteiger partial charge in [-0.05, 0) is 80.1 Å². The van der Waals surface area contributed by atoms with E-state index in [2.05, 4.69) is 93.7 Å². The Morgan fingerprint density at radius 3 is 1.16 bits per heavy atom. The van der Waals surface area contributed by atoms with Crippen molar-refractivity contribution in [3.8, 4) is 0 Å². The average Bonchev–Trinajstić information content (AvgIpc) is 3.08. The fourth-order valence-corrected chi connectivity index (χ4v) is 11.5. The molecular formula is C52H96N2O8. The summed E-state index contributed by atoms with van der Waals surface area (Å²) in [6.07, 6.45) is 17.8. The largest absolute Gasteiger partial charge is 0.481 e. The van der Waals surface area contributed by atoms with Crippen molar-refractivity contribution in [3.05, 3.63) is 0 Å². The van der Waals surface area contributed by atoms with Gasteiger partial charge in [-0.3, -0.25) is 19.2 Å². The van der Waals surface area contributed by atoms with Gasteiger partial charge in [0, 0.05) is 47.8 Å². The minimum absolute atomic E-state index is 0.0340. The van der Waals surface area contributed by atoms with Gasteiger partial charge in [0.2, 0.25) is 0 Å². The van der Waals surface area contributed by atoms with Crippen LogP contribution < -0.4 is 10.6 Å². The Balaban J connectivity index is 2.55. The van der Waals surface area contributed by atoms with Crippen molar-refractivity contribution in [3.63, 3.8) is 0 Å². The van der Waals surface area contributed by atoms with Gasteiger partial charge in [-0.1, -0.05) is 143 Å². The van der Waals surface area contributed by atoms with Crippen LogP contribution in [-0.2, 0) is 28.7 Å². The number of aliphatic carboxylic acids is 2. The summed E-state index contributed by atoms with van der Waals surface area (Å²) in [7, 11) is 0. The second kappa shape index (κ2) is 25.5. The van der Waals surface area contributed by atoms with Crippen molar-refractivity contribution in [2.24, 2.45) is 22.7 Å². The number of rotatable bonds is 31. The number of hydrogen-bond acceptors (Lipinski definition) is 8. The van der Waals surface area contributed by atoms with Gasteiger partial charge >= 0.3 is 23.9 Å². The molecule has 2 saturated heterocycles. The molecule has 0 aliphatic carbocycles. The number of piperidine rings is 2. The van der Waals surface area contributed by atoms with Crippen LogP contribution in [0.25, 0.3) is 0 Å². The van der Waals surface area contributed by atoms with Crippen LogP contribution in [0.4, 0.5) is 0 Å². The maximum absolute atomic E-state index is 15.4. The second-order valence-electron chi connectivity index (χ2n) is 23.5. The number of hydrogen-bond donors (Lipinski definition) is 4. The number of carbonyl (C=O) groups excluding carboxylic acids is 2. The van der Waals surface area contributed by atoms with Crippen molar-refractivity contribution in [2.45, 2.75) is 284 Å². The van der Waals surface area contributed by atoms with Crippen LogP contribution in [0, 0.1) is 22.7 Å². The molecule has 0 aromatic carbocycles. The zero-order valence-electron chi connectivity index (χ0n) is 42.0. The van der Waals surface area contributed by atoms with Gasteiger partial charge in [0.25, 0.3) is 0 Å². The second-order valence-corrected chi connectivity index (χ2v) is 23.5. The lowest BCUT2D eigenvalue weighted by atomic mass is 9.55. The fraction of sp³-hybridized carbons (Fsp3) is 0.923. The first-order chi connectivity index (χ1) is 28.7. The lowest BCUT2D eigenvalue weighted by molar-refractivity contribution is -0.195. The zero-order chi connectivity index (χ0) is 46.8. The van der Waals surface area contributed by atoms with Gasteiger partial charge in [0.1, 0.15) is 12.2 Å². The van der Waals surface area contributed by atoms with Crippen LogP contribution in [0.2, 0.25) is 0 Å². The molecule has 0 aromatic heterocycles. The van der Waals surface area contributed by atoms with Crippen molar-refractivity contribution in [1.29, 1.82) is 0 Å². The smallest absolute Gasteiger partial charge is 0.314 e. The predicted octanol–water partition coefficient (Wildman–Crippen LogP) is 12.7. The van der Waals surface area contributed by atoms with E-state index in [0.717, 1.165) is 51.4 Å². The quantitative estimate of drug-likeness (QED) is 0.0391. The molecule has 2 rings (SSSR count). The number of ether oxygens (including phenoxy) is 2. The molecule has 2 heterocycles. The number of carboxylic acids is 2. The Hall–Kier alpha value is -2.20. The van der Waals surface area contributed by atoms with Crippen molar-refractivity contribution in [2.75, 3.05) is 0 Å². The van der Waals surface area contributed by atoms with Gasteiger partial charge in [0.05, 0.1) is 23.7 Å². The van der Waals surface area contributed by atoms with E-state index < -0.39 is 59.8 Å². The molecule has 10 heteroatoms. The van der Waals surface area contributed by atoms with E-state index >= 15 is 4.79 Å². The number of unbranched alkanes of at least 4 members (excludes halogenated alkanes) is 14. The van der Waals surface area contributed by atoms with Crippen LogP contribution in [0.5, 0.6) is 0 Å². The van der Waals surface area contributed by atoms with Gasteiger partial charge in [-0.15, -0.1) is 0 Å². The maximum Gasteiger partial charge on any atom is 0.314 e. The SMILES string of the molecule is CC(C)CCCCCCCCCCC(CC(=O)O)(C(=O)O)C(CCCCCCCCCCC(C)C)(CC(=O)OC1CC(C)(C)NC(C)(C)C1)C(=O)OC1CC(C)(C)NC(C)(C)C1. The summed E-state index contributed by atoms with van der Waals surface area (Å²) in [5.74, 6) is -2.68. The highest BCUT2D eigenvalue weighted by atomic mass is 16.6. The highest BCUT2D eigenvalue weighted by Crippen LogP contribution is 2.54. The van der Waals surface area contributed by atoms with Gasteiger partial charge in [0.15, 0.2) is 0 Å². The fourth-order valence-electron chi connectivity index (χ4n) is 11.5. The first-order valence-corrected chi connectivity index (χ1v) is 25.2. The van der Waals surface area contributed by atoms with Crippen LogP contribution in [-0.4, -0.2) is 68.5 Å². The summed E-state index contributed by atoms with van der Waals surface area (Å²) in [6, 6.07) is 0. The molecule has 362 valence electrons. The molecule has 0 bridgehead atoms. The molecule has 0 saturated carbocycles. The summed E-state index contributed by atoms with van der Waals surface area (Å²) in [5, 5.41) is 29.4. The third kappa shape index (κ3) is 19.9. The third-order valence-corrected chi connectivity index (χ3v) is 13.8. The minimum atomic E-state index is -2.09. The van der Waals surface area contributed by atoms with E-state index in [1.54, 1.807) is 0 Å². The number of carbonyl (C=O) groups is 4. The number of nitrogens with one attached hydrogen (secondary N) is 2. The van der Waals surface area contributed by atoms with E-state index in [1.807, 2.05) is 0 Å². The van der Waals surface area contributed by atoms with Gasteiger partial charge in [-0.2, -0.15) is 0 Å². The molecule has 4 N–H and O–H groups in total. The Bertz CT molecular complexity index is 1340. The standard InChI is InChI=1S/C52H96N2O8/c1-39(2)29-25-21-17-13-15-19-23-27-31-51(45(58)59,37-43(55)56)52(32-28-24-20-16-14-18-22-26-30-40(3)4,46(60)62-42-35-49(9,10)54-50(11,12)36-42)38-44(57)61-41-33-47(5,6)53-48(7,8)34-41/h39-42,53-54H,13-38H2,1-12H3,(H,55,56)(H,58,59). The molecule has 2 atom stereocenters. The van der Waals surface area contributed by atoms with Gasteiger partial charge < -0.3 is 30.3 Å². The molecule has 10 nitrogen and oxygen atoms in total. The lowest BCUT2D eigenvalue weighted by Gasteiger charge is -2.49. The number of esters is 2. The molecular weight excluding hydrogens is 781 g/mol. The predicted molar refractivity (Wildman–Crippen MR) is 252 cm³/mol. The first kappa shape index (κ1) is 55.9. The van der Waals surface area contributed by atoms with Gasteiger partial charge in [-0.25, -0.2) is 0 Å². The van der Waals surface area contributed by atoms with E-state index in [1.165, 1.54) is 44.9 Å². The summed E-state index contributed by atoms with van der Waals surface area (Å²) >= 11 is 0. The van der Waals surface area contributed by atoms with E-state index in [9.17, 15) is 24.6 Å². The first-order valence-electron chi connectivity index (χ1n) is 25.2. The Morgan fingerprint density at radius 1 is 0.500 bits per heavy atom. The Labute approximate surface area is 379 Å². The summed E-state index contributed by atoms with van der Waals surface area (Å²) in [5.41, 5.74) is -5.46. The molecule has 2 aliphatic rings. The highest BCUT2D eigenvalue weighted by Gasteiger charge is 2.64. The summed E-state index contributed by atoms with van der Waals surface area (Å²) in [4.78, 5) is 57.1.